The van der Waals surface area contributed by atoms with Crippen LogP contribution in [0.5, 0.6) is 0 Å². The molecule has 0 aliphatic rings. The SMILES string of the molecule is O=C(CCc1ccc(Br)cc1F)Nc1ccnn1CCc1ccccc1. The quantitative estimate of drug-likeness (QED) is 0.612. The van der Waals surface area contributed by atoms with Gasteiger partial charge in [-0.3, -0.25) is 4.79 Å². The van der Waals surface area contributed by atoms with Crippen molar-refractivity contribution in [3.8, 4) is 0 Å². The van der Waals surface area contributed by atoms with Gasteiger partial charge in [0.2, 0.25) is 5.91 Å². The summed E-state index contributed by atoms with van der Waals surface area (Å²) in [6.07, 6.45) is 3.05. The highest BCUT2D eigenvalue weighted by Crippen LogP contribution is 2.17. The molecule has 2 aromatic carbocycles. The molecule has 0 unspecified atom stereocenters. The lowest BCUT2D eigenvalue weighted by Gasteiger charge is -2.09. The molecular weight excluding hydrogens is 397 g/mol. The summed E-state index contributed by atoms with van der Waals surface area (Å²) in [5.41, 5.74) is 1.74. The Hall–Kier alpha value is -2.47. The Morgan fingerprint density at radius 3 is 2.69 bits per heavy atom. The minimum absolute atomic E-state index is 0.159. The molecule has 0 atom stereocenters. The number of anilines is 1. The lowest BCUT2D eigenvalue weighted by Crippen LogP contribution is -2.17. The van der Waals surface area contributed by atoms with Gasteiger partial charge in [0.25, 0.3) is 0 Å². The lowest BCUT2D eigenvalue weighted by atomic mass is 10.1. The van der Waals surface area contributed by atoms with E-state index in [0.29, 0.717) is 28.8 Å². The third-order valence-corrected chi connectivity index (χ3v) is 4.57. The largest absolute Gasteiger partial charge is 0.311 e. The van der Waals surface area contributed by atoms with E-state index in [1.54, 1.807) is 29.1 Å². The smallest absolute Gasteiger partial charge is 0.225 e. The van der Waals surface area contributed by atoms with Crippen LogP contribution in [0.15, 0.2) is 65.3 Å². The van der Waals surface area contributed by atoms with Gasteiger partial charge in [0.15, 0.2) is 0 Å². The summed E-state index contributed by atoms with van der Waals surface area (Å²) in [5, 5.41) is 7.12. The molecule has 1 amide bonds. The number of amides is 1. The monoisotopic (exact) mass is 415 g/mol. The van der Waals surface area contributed by atoms with Crippen molar-refractivity contribution >= 4 is 27.7 Å². The van der Waals surface area contributed by atoms with Crippen LogP contribution in [0.3, 0.4) is 0 Å². The van der Waals surface area contributed by atoms with Gasteiger partial charge in [-0.15, -0.1) is 0 Å². The van der Waals surface area contributed by atoms with Gasteiger partial charge >= 0.3 is 0 Å². The number of benzene rings is 2. The van der Waals surface area contributed by atoms with E-state index < -0.39 is 0 Å². The van der Waals surface area contributed by atoms with E-state index in [-0.39, 0.29) is 18.1 Å². The van der Waals surface area contributed by atoms with Crippen LogP contribution in [0.4, 0.5) is 10.2 Å². The maximum atomic E-state index is 13.8. The van der Waals surface area contributed by atoms with Gasteiger partial charge in [0.05, 0.1) is 6.20 Å². The molecule has 0 spiro atoms. The Morgan fingerprint density at radius 1 is 1.12 bits per heavy atom. The van der Waals surface area contributed by atoms with Crippen molar-refractivity contribution in [3.05, 3.63) is 82.2 Å². The number of aryl methyl sites for hydroxylation is 3. The number of hydrogen-bond acceptors (Lipinski definition) is 2. The number of carbonyl (C=O) groups is 1. The summed E-state index contributed by atoms with van der Waals surface area (Å²) in [6, 6.07) is 16.8. The van der Waals surface area contributed by atoms with Crippen LogP contribution in [0, 0.1) is 5.82 Å². The van der Waals surface area contributed by atoms with Crippen LogP contribution in [-0.4, -0.2) is 15.7 Å². The molecule has 1 N–H and O–H groups in total. The van der Waals surface area contributed by atoms with Crippen molar-refractivity contribution in [2.75, 3.05) is 5.32 Å². The molecule has 0 saturated heterocycles. The second-order valence-corrected chi connectivity index (χ2v) is 6.87. The maximum Gasteiger partial charge on any atom is 0.225 e. The fourth-order valence-electron chi connectivity index (χ4n) is 2.67. The van der Waals surface area contributed by atoms with E-state index in [4.69, 9.17) is 0 Å². The summed E-state index contributed by atoms with van der Waals surface area (Å²) < 4.78 is 16.3. The molecule has 3 aromatic rings. The first-order valence-corrected chi connectivity index (χ1v) is 9.20. The van der Waals surface area contributed by atoms with Crippen molar-refractivity contribution < 1.29 is 9.18 Å². The van der Waals surface area contributed by atoms with E-state index in [9.17, 15) is 9.18 Å². The van der Waals surface area contributed by atoms with E-state index >= 15 is 0 Å². The number of nitrogens with zero attached hydrogens (tertiary/aromatic N) is 2. The van der Waals surface area contributed by atoms with Gasteiger partial charge in [-0.1, -0.05) is 52.3 Å². The molecule has 0 saturated carbocycles. The summed E-state index contributed by atoms with van der Waals surface area (Å²) in [7, 11) is 0. The molecule has 6 heteroatoms. The highest BCUT2D eigenvalue weighted by Gasteiger charge is 2.10. The zero-order valence-corrected chi connectivity index (χ0v) is 15.7. The Morgan fingerprint density at radius 2 is 1.92 bits per heavy atom. The average molecular weight is 416 g/mol. The number of aromatic nitrogens is 2. The maximum absolute atomic E-state index is 13.8. The number of rotatable bonds is 7. The molecule has 1 heterocycles. The highest BCUT2D eigenvalue weighted by molar-refractivity contribution is 9.10. The van der Waals surface area contributed by atoms with Crippen molar-refractivity contribution in [2.45, 2.75) is 25.8 Å². The van der Waals surface area contributed by atoms with Crippen LogP contribution >= 0.6 is 15.9 Å². The van der Waals surface area contributed by atoms with Gasteiger partial charge < -0.3 is 5.32 Å². The minimum atomic E-state index is -0.305. The first kappa shape index (κ1) is 18.3. The first-order chi connectivity index (χ1) is 12.6. The van der Waals surface area contributed by atoms with Crippen LogP contribution in [0.25, 0.3) is 0 Å². The predicted molar refractivity (Wildman–Crippen MR) is 103 cm³/mol. The average Bonchev–Trinajstić information content (AvgIpc) is 3.07. The van der Waals surface area contributed by atoms with E-state index in [1.807, 2.05) is 18.2 Å². The molecule has 1 aromatic heterocycles. The molecule has 0 aliphatic heterocycles. The Bertz CT molecular complexity index is 880. The number of halogens is 2. The Kier molecular flexibility index (Phi) is 6.17. The predicted octanol–water partition coefficient (Wildman–Crippen LogP) is 4.60. The molecular formula is C20H19BrFN3O. The number of hydrogen-bond donors (Lipinski definition) is 1. The fraction of sp³-hybridized carbons (Fsp3) is 0.200. The van der Waals surface area contributed by atoms with Gasteiger partial charge in [0.1, 0.15) is 11.6 Å². The summed E-state index contributed by atoms with van der Waals surface area (Å²) in [4.78, 5) is 12.2. The Balaban J connectivity index is 1.54. The summed E-state index contributed by atoms with van der Waals surface area (Å²) in [6.45, 7) is 0.675. The zero-order valence-electron chi connectivity index (χ0n) is 14.2. The standard InChI is InChI=1S/C20H19BrFN3O/c21-17-8-6-16(18(22)14-17)7-9-20(26)24-19-10-12-23-25(19)13-11-15-4-2-1-3-5-15/h1-6,8,10,12,14H,7,9,11,13H2,(H,24,26). The third-order valence-electron chi connectivity index (χ3n) is 4.08. The van der Waals surface area contributed by atoms with Crippen LogP contribution in [-0.2, 0) is 24.2 Å². The van der Waals surface area contributed by atoms with Gasteiger partial charge in [-0.05, 0) is 36.1 Å². The van der Waals surface area contributed by atoms with Crippen molar-refractivity contribution in [1.82, 2.24) is 9.78 Å². The second-order valence-electron chi connectivity index (χ2n) is 5.96. The molecule has 0 radical (unpaired) electrons. The molecule has 0 bridgehead atoms. The number of nitrogens with one attached hydrogen (secondary N) is 1. The third kappa shape index (κ3) is 5.02. The van der Waals surface area contributed by atoms with Crippen LogP contribution < -0.4 is 5.32 Å². The van der Waals surface area contributed by atoms with E-state index in [1.165, 1.54) is 11.6 Å². The molecule has 26 heavy (non-hydrogen) atoms. The van der Waals surface area contributed by atoms with E-state index in [0.717, 1.165) is 6.42 Å². The summed E-state index contributed by atoms with van der Waals surface area (Å²) in [5.74, 6) is 0.191. The summed E-state index contributed by atoms with van der Waals surface area (Å²) >= 11 is 3.23. The topological polar surface area (TPSA) is 46.9 Å². The zero-order chi connectivity index (χ0) is 18.4. The fourth-order valence-corrected chi connectivity index (χ4v) is 3.01. The van der Waals surface area contributed by atoms with Gasteiger partial charge in [-0.2, -0.15) is 5.10 Å². The number of carbonyl (C=O) groups excluding carboxylic acids is 1. The van der Waals surface area contributed by atoms with Gasteiger partial charge in [0, 0.05) is 23.5 Å². The normalized spacial score (nSPS) is 10.7. The van der Waals surface area contributed by atoms with Crippen molar-refractivity contribution in [3.63, 3.8) is 0 Å². The van der Waals surface area contributed by atoms with Gasteiger partial charge in [-0.25, -0.2) is 9.07 Å². The molecule has 134 valence electrons. The Labute approximate surface area is 160 Å². The van der Waals surface area contributed by atoms with Crippen LogP contribution in [0.1, 0.15) is 17.5 Å². The van der Waals surface area contributed by atoms with E-state index in [2.05, 4.69) is 38.5 Å². The van der Waals surface area contributed by atoms with Crippen molar-refractivity contribution in [2.24, 2.45) is 0 Å². The first-order valence-electron chi connectivity index (χ1n) is 8.41. The molecule has 0 aliphatic carbocycles. The molecule has 4 nitrogen and oxygen atoms in total. The molecule has 0 fully saturated rings. The minimum Gasteiger partial charge on any atom is -0.311 e. The highest BCUT2D eigenvalue weighted by atomic mass is 79.9. The second kappa shape index (κ2) is 8.76. The lowest BCUT2D eigenvalue weighted by molar-refractivity contribution is -0.116. The molecule has 3 rings (SSSR count). The van der Waals surface area contributed by atoms with Crippen LogP contribution in [0.2, 0.25) is 0 Å². The van der Waals surface area contributed by atoms with Crippen molar-refractivity contribution in [1.29, 1.82) is 0 Å².